The molecule has 0 spiro atoms. The number of carbonyl (C=O) groups excluding carboxylic acids is 1. The van der Waals surface area contributed by atoms with E-state index in [1.807, 2.05) is 42.5 Å². The number of aliphatic carboxylic acids is 1. The zero-order valence-corrected chi connectivity index (χ0v) is 16.0. The molecule has 27 heavy (non-hydrogen) atoms. The SMILES string of the molecule is O=C(O)CN1C(=O)/C(=C/c2cccc(OCCc3ccccc3)c2)SC1=S. The lowest BCUT2D eigenvalue weighted by molar-refractivity contribution is -0.140. The predicted molar refractivity (Wildman–Crippen MR) is 110 cm³/mol. The Bertz CT molecular complexity index is 896. The fraction of sp³-hybridized carbons (Fsp3) is 0.150. The lowest BCUT2D eigenvalue weighted by atomic mass is 10.1. The van der Waals surface area contributed by atoms with E-state index in [2.05, 4.69) is 12.1 Å². The molecule has 0 unspecified atom stereocenters. The molecular weight excluding hydrogens is 382 g/mol. The Kier molecular flexibility index (Phi) is 6.26. The van der Waals surface area contributed by atoms with E-state index < -0.39 is 12.5 Å². The number of amides is 1. The molecule has 138 valence electrons. The van der Waals surface area contributed by atoms with E-state index in [0.717, 1.165) is 28.6 Å². The lowest BCUT2D eigenvalue weighted by Crippen LogP contribution is -2.33. The smallest absolute Gasteiger partial charge is 0.323 e. The first-order valence-corrected chi connectivity index (χ1v) is 9.49. The molecule has 0 saturated carbocycles. The molecule has 1 amide bonds. The third-order valence-corrected chi connectivity index (χ3v) is 5.20. The Morgan fingerprint density at radius 1 is 1.19 bits per heavy atom. The molecule has 0 aromatic heterocycles. The van der Waals surface area contributed by atoms with Gasteiger partial charge in [0.05, 0.1) is 11.5 Å². The quantitative estimate of drug-likeness (QED) is 0.567. The zero-order valence-electron chi connectivity index (χ0n) is 14.3. The number of hydrogen-bond acceptors (Lipinski definition) is 5. The Morgan fingerprint density at radius 2 is 1.96 bits per heavy atom. The highest BCUT2D eigenvalue weighted by Crippen LogP contribution is 2.32. The maximum absolute atomic E-state index is 12.3. The third-order valence-electron chi connectivity index (χ3n) is 3.83. The number of ether oxygens (including phenoxy) is 1. The van der Waals surface area contributed by atoms with Gasteiger partial charge in [-0.05, 0) is 29.3 Å². The molecule has 1 fully saturated rings. The summed E-state index contributed by atoms with van der Waals surface area (Å²) in [5, 5.41) is 8.89. The molecule has 0 bridgehead atoms. The number of nitrogens with zero attached hydrogens (tertiary/aromatic N) is 1. The van der Waals surface area contributed by atoms with E-state index in [0.29, 0.717) is 17.3 Å². The van der Waals surface area contributed by atoms with Crippen LogP contribution in [0.4, 0.5) is 0 Å². The summed E-state index contributed by atoms with van der Waals surface area (Å²) in [6.07, 6.45) is 2.50. The van der Waals surface area contributed by atoms with Crippen molar-refractivity contribution < 1.29 is 19.4 Å². The van der Waals surface area contributed by atoms with Gasteiger partial charge >= 0.3 is 5.97 Å². The Hall–Kier alpha value is -2.64. The number of carboxylic acids is 1. The molecule has 1 aliphatic heterocycles. The average molecular weight is 399 g/mol. The summed E-state index contributed by atoms with van der Waals surface area (Å²) in [6, 6.07) is 17.5. The average Bonchev–Trinajstić information content (AvgIpc) is 2.90. The summed E-state index contributed by atoms with van der Waals surface area (Å²) < 4.78 is 6.06. The van der Waals surface area contributed by atoms with E-state index in [1.165, 1.54) is 5.56 Å². The van der Waals surface area contributed by atoms with Gasteiger partial charge in [0.25, 0.3) is 5.91 Å². The molecular formula is C20H17NO4S2. The molecule has 5 nitrogen and oxygen atoms in total. The number of hydrogen-bond donors (Lipinski definition) is 1. The minimum Gasteiger partial charge on any atom is -0.493 e. The van der Waals surface area contributed by atoms with Crippen LogP contribution >= 0.6 is 24.0 Å². The largest absolute Gasteiger partial charge is 0.493 e. The number of benzene rings is 2. The van der Waals surface area contributed by atoms with Crippen LogP contribution in [0, 0.1) is 0 Å². The molecule has 1 saturated heterocycles. The molecule has 0 aliphatic carbocycles. The highest BCUT2D eigenvalue weighted by Gasteiger charge is 2.33. The number of rotatable bonds is 7. The van der Waals surface area contributed by atoms with Crippen molar-refractivity contribution in [2.75, 3.05) is 13.2 Å². The first-order chi connectivity index (χ1) is 13.0. The highest BCUT2D eigenvalue weighted by atomic mass is 32.2. The topological polar surface area (TPSA) is 66.8 Å². The van der Waals surface area contributed by atoms with E-state index in [-0.39, 0.29) is 10.2 Å². The summed E-state index contributed by atoms with van der Waals surface area (Å²) in [6.45, 7) is 0.124. The summed E-state index contributed by atoms with van der Waals surface area (Å²) >= 11 is 6.20. The second kappa shape index (κ2) is 8.83. The van der Waals surface area contributed by atoms with E-state index in [9.17, 15) is 9.59 Å². The van der Waals surface area contributed by atoms with Gasteiger partial charge in [-0.15, -0.1) is 0 Å². The highest BCUT2D eigenvalue weighted by molar-refractivity contribution is 8.26. The van der Waals surface area contributed by atoms with Gasteiger partial charge in [0.15, 0.2) is 0 Å². The van der Waals surface area contributed by atoms with Gasteiger partial charge in [-0.3, -0.25) is 14.5 Å². The summed E-state index contributed by atoms with van der Waals surface area (Å²) in [4.78, 5) is 24.7. The maximum atomic E-state index is 12.3. The van der Waals surface area contributed by atoms with Crippen molar-refractivity contribution in [1.29, 1.82) is 0 Å². The van der Waals surface area contributed by atoms with Crippen molar-refractivity contribution in [3.8, 4) is 5.75 Å². The fourth-order valence-electron chi connectivity index (χ4n) is 2.55. The van der Waals surface area contributed by atoms with E-state index in [1.54, 1.807) is 6.08 Å². The Labute approximate surface area is 166 Å². The van der Waals surface area contributed by atoms with Crippen LogP contribution in [0.1, 0.15) is 11.1 Å². The minimum atomic E-state index is -1.10. The lowest BCUT2D eigenvalue weighted by Gasteiger charge is -2.10. The van der Waals surface area contributed by atoms with Crippen molar-refractivity contribution in [3.05, 3.63) is 70.6 Å². The van der Waals surface area contributed by atoms with Crippen LogP contribution in [0.5, 0.6) is 5.75 Å². The molecule has 1 heterocycles. The Balaban J connectivity index is 1.65. The number of carbonyl (C=O) groups is 2. The molecule has 1 aliphatic rings. The monoisotopic (exact) mass is 399 g/mol. The van der Waals surface area contributed by atoms with Gasteiger partial charge < -0.3 is 9.84 Å². The minimum absolute atomic E-state index is 0.254. The number of carboxylic acid groups (broad SMARTS) is 1. The summed E-state index contributed by atoms with van der Waals surface area (Å²) in [5.41, 5.74) is 2.00. The number of thioether (sulfide) groups is 1. The van der Waals surface area contributed by atoms with Crippen LogP contribution in [0.2, 0.25) is 0 Å². The van der Waals surface area contributed by atoms with Crippen LogP contribution in [-0.2, 0) is 16.0 Å². The number of thiocarbonyl (C=S) groups is 1. The van der Waals surface area contributed by atoms with Crippen molar-refractivity contribution in [3.63, 3.8) is 0 Å². The second-order valence-electron chi connectivity index (χ2n) is 5.82. The maximum Gasteiger partial charge on any atom is 0.323 e. The van der Waals surface area contributed by atoms with Crippen molar-refractivity contribution in [1.82, 2.24) is 4.90 Å². The van der Waals surface area contributed by atoms with Gasteiger partial charge in [0.1, 0.15) is 16.6 Å². The van der Waals surface area contributed by atoms with Gasteiger partial charge in [0.2, 0.25) is 0 Å². The van der Waals surface area contributed by atoms with Gasteiger partial charge in [0, 0.05) is 6.42 Å². The van der Waals surface area contributed by atoms with Crippen LogP contribution < -0.4 is 4.74 Å². The van der Waals surface area contributed by atoms with Crippen molar-refractivity contribution in [2.45, 2.75) is 6.42 Å². The summed E-state index contributed by atoms with van der Waals surface area (Å²) in [7, 11) is 0. The van der Waals surface area contributed by atoms with Gasteiger partial charge in [-0.25, -0.2) is 0 Å². The molecule has 0 radical (unpaired) electrons. The van der Waals surface area contributed by atoms with Crippen molar-refractivity contribution in [2.24, 2.45) is 0 Å². The molecule has 3 rings (SSSR count). The van der Waals surface area contributed by atoms with Crippen LogP contribution in [0.15, 0.2) is 59.5 Å². The third kappa shape index (κ3) is 5.18. The van der Waals surface area contributed by atoms with Gasteiger partial charge in [-0.1, -0.05) is 66.4 Å². The molecule has 0 atom stereocenters. The first kappa shape index (κ1) is 19.1. The predicted octanol–water partition coefficient (Wildman–Crippen LogP) is 3.59. The zero-order chi connectivity index (χ0) is 19.2. The summed E-state index contributed by atoms with van der Waals surface area (Å²) in [5.74, 6) is -0.773. The van der Waals surface area contributed by atoms with E-state index in [4.69, 9.17) is 22.1 Å². The van der Waals surface area contributed by atoms with Crippen LogP contribution in [0.3, 0.4) is 0 Å². The van der Waals surface area contributed by atoms with Crippen LogP contribution in [0.25, 0.3) is 6.08 Å². The molecule has 2 aromatic carbocycles. The molecule has 7 heteroatoms. The normalized spacial score (nSPS) is 15.4. The second-order valence-corrected chi connectivity index (χ2v) is 7.49. The van der Waals surface area contributed by atoms with Gasteiger partial charge in [-0.2, -0.15) is 0 Å². The standard InChI is InChI=1S/C20H17NO4S2/c22-18(23)13-21-19(24)17(27-20(21)26)12-15-7-4-8-16(11-15)25-10-9-14-5-2-1-3-6-14/h1-8,11-12H,9-10,13H2,(H,22,23)/b17-12-. The first-order valence-electron chi connectivity index (χ1n) is 8.27. The fourth-order valence-corrected chi connectivity index (χ4v) is 3.80. The van der Waals surface area contributed by atoms with E-state index >= 15 is 0 Å². The Morgan fingerprint density at radius 3 is 2.70 bits per heavy atom. The van der Waals surface area contributed by atoms with Crippen LogP contribution in [-0.4, -0.2) is 39.4 Å². The molecule has 1 N–H and O–H groups in total. The molecule has 2 aromatic rings. The van der Waals surface area contributed by atoms with Crippen molar-refractivity contribution >= 4 is 46.3 Å².